The van der Waals surface area contributed by atoms with Crippen LogP contribution in [0.3, 0.4) is 0 Å². The summed E-state index contributed by atoms with van der Waals surface area (Å²) in [5, 5.41) is 10.0. The van der Waals surface area contributed by atoms with Crippen molar-refractivity contribution in [2.24, 2.45) is 0 Å². The molecule has 1 heterocycles. The van der Waals surface area contributed by atoms with Gasteiger partial charge < -0.3 is 5.11 Å². The summed E-state index contributed by atoms with van der Waals surface area (Å²) in [6.07, 6.45) is -3.95. The topological polar surface area (TPSA) is 66.4 Å². The number of rotatable bonds is 6. The van der Waals surface area contributed by atoms with Crippen molar-refractivity contribution in [1.29, 1.82) is 0 Å². The average Bonchev–Trinajstić information content (AvgIpc) is 2.75. The Morgan fingerprint density at radius 1 is 1.44 bits per heavy atom. The van der Waals surface area contributed by atoms with Gasteiger partial charge in [-0.05, 0) is 17.0 Å². The molecular formula is C8H9F4NO3S2. The van der Waals surface area contributed by atoms with Crippen LogP contribution in [-0.4, -0.2) is 32.4 Å². The number of nitrogens with one attached hydrogen (secondary N) is 1. The maximum absolute atomic E-state index is 12.6. The highest BCUT2D eigenvalue weighted by Gasteiger charge is 2.41. The first kappa shape index (κ1) is 15.3. The van der Waals surface area contributed by atoms with Crippen molar-refractivity contribution in [3.63, 3.8) is 0 Å². The molecule has 0 aliphatic heterocycles. The number of halogens is 4. The van der Waals surface area contributed by atoms with Crippen LogP contribution in [-0.2, 0) is 16.6 Å². The van der Waals surface area contributed by atoms with E-state index in [1.54, 1.807) is 0 Å². The maximum Gasteiger partial charge on any atom is 0.320 e. The van der Waals surface area contributed by atoms with E-state index in [1.165, 1.54) is 10.1 Å². The molecule has 0 bridgehead atoms. The zero-order valence-corrected chi connectivity index (χ0v) is 10.4. The number of sulfonamides is 1. The van der Waals surface area contributed by atoms with Crippen LogP contribution in [0.25, 0.3) is 0 Å². The Labute approximate surface area is 104 Å². The molecule has 10 heteroatoms. The Morgan fingerprint density at radius 2 is 2.06 bits per heavy atom. The van der Waals surface area contributed by atoms with E-state index in [0.717, 1.165) is 6.07 Å². The van der Waals surface area contributed by atoms with E-state index < -0.39 is 35.5 Å². The molecule has 0 atom stereocenters. The fourth-order valence-corrected chi connectivity index (χ4v) is 3.21. The Bertz CT molecular complexity index is 500. The molecule has 0 saturated carbocycles. The van der Waals surface area contributed by atoms with Crippen LogP contribution < -0.4 is 4.72 Å². The van der Waals surface area contributed by atoms with Gasteiger partial charge in [-0.1, -0.05) is 0 Å². The van der Waals surface area contributed by atoms with E-state index in [1.807, 2.05) is 0 Å². The summed E-state index contributed by atoms with van der Waals surface area (Å²) in [6.45, 7) is -2.08. The quantitative estimate of drug-likeness (QED) is 0.781. The van der Waals surface area contributed by atoms with Crippen LogP contribution in [0.1, 0.15) is 5.56 Å². The highest BCUT2D eigenvalue weighted by atomic mass is 32.2. The van der Waals surface area contributed by atoms with Gasteiger partial charge in [0.05, 0.1) is 13.2 Å². The molecule has 0 saturated heterocycles. The van der Waals surface area contributed by atoms with Crippen LogP contribution in [0.4, 0.5) is 17.6 Å². The average molecular weight is 307 g/mol. The van der Waals surface area contributed by atoms with Gasteiger partial charge in [-0.2, -0.15) is 8.78 Å². The first-order valence-corrected chi connectivity index (χ1v) is 6.89. The summed E-state index contributed by atoms with van der Waals surface area (Å²) in [6, 6.07) is 1.08. The molecule has 0 fully saturated rings. The van der Waals surface area contributed by atoms with Gasteiger partial charge in [-0.3, -0.25) is 0 Å². The van der Waals surface area contributed by atoms with Crippen molar-refractivity contribution in [3.05, 3.63) is 17.0 Å². The number of thiophene rings is 1. The summed E-state index contributed by atoms with van der Waals surface area (Å²) in [4.78, 5) is 0. The molecule has 2 N–H and O–H groups in total. The SMILES string of the molecule is O=S(=O)(NCC(F)(F)C(F)F)c1cc(CO)cs1. The smallest absolute Gasteiger partial charge is 0.320 e. The van der Waals surface area contributed by atoms with Crippen LogP contribution in [0, 0.1) is 0 Å². The lowest BCUT2D eigenvalue weighted by atomic mass is 10.4. The van der Waals surface area contributed by atoms with Gasteiger partial charge in [-0.25, -0.2) is 21.9 Å². The van der Waals surface area contributed by atoms with E-state index in [0.29, 0.717) is 16.9 Å². The third kappa shape index (κ3) is 3.64. The number of aliphatic hydroxyl groups is 1. The molecule has 0 aliphatic carbocycles. The molecule has 0 aromatic carbocycles. The molecule has 0 unspecified atom stereocenters. The summed E-state index contributed by atoms with van der Waals surface area (Å²) in [5.74, 6) is -4.43. The molecule has 0 aliphatic rings. The summed E-state index contributed by atoms with van der Waals surface area (Å²) in [7, 11) is -4.27. The van der Waals surface area contributed by atoms with Crippen molar-refractivity contribution in [2.45, 2.75) is 23.2 Å². The number of hydrogen-bond acceptors (Lipinski definition) is 4. The van der Waals surface area contributed by atoms with Crippen molar-refractivity contribution in [2.75, 3.05) is 6.54 Å². The highest BCUT2D eigenvalue weighted by molar-refractivity contribution is 7.91. The van der Waals surface area contributed by atoms with Crippen molar-refractivity contribution in [1.82, 2.24) is 4.72 Å². The molecule has 1 rings (SSSR count). The second-order valence-electron chi connectivity index (χ2n) is 3.32. The van der Waals surface area contributed by atoms with Gasteiger partial charge in [0.2, 0.25) is 10.0 Å². The first-order valence-electron chi connectivity index (χ1n) is 4.53. The lowest BCUT2D eigenvalue weighted by molar-refractivity contribution is -0.122. The number of hydrogen-bond donors (Lipinski definition) is 2. The lowest BCUT2D eigenvalue weighted by Crippen LogP contribution is -2.41. The van der Waals surface area contributed by atoms with Gasteiger partial charge in [0.25, 0.3) is 0 Å². The third-order valence-corrected chi connectivity index (χ3v) is 4.78. The van der Waals surface area contributed by atoms with E-state index >= 15 is 0 Å². The van der Waals surface area contributed by atoms with Crippen molar-refractivity contribution < 1.29 is 31.1 Å². The second-order valence-corrected chi connectivity index (χ2v) is 6.22. The van der Waals surface area contributed by atoms with Gasteiger partial charge in [-0.15, -0.1) is 11.3 Å². The van der Waals surface area contributed by atoms with Gasteiger partial charge in [0.1, 0.15) is 4.21 Å². The molecule has 1 aromatic heterocycles. The molecule has 1 aromatic rings. The minimum Gasteiger partial charge on any atom is -0.392 e. The van der Waals surface area contributed by atoms with Crippen LogP contribution in [0.15, 0.2) is 15.7 Å². The summed E-state index contributed by atoms with van der Waals surface area (Å²) >= 11 is 0.697. The fourth-order valence-electron chi connectivity index (χ4n) is 0.917. The molecule has 104 valence electrons. The Kier molecular flexibility index (Phi) is 4.70. The predicted octanol–water partition coefficient (Wildman–Crippen LogP) is 1.42. The highest BCUT2D eigenvalue weighted by Crippen LogP contribution is 2.24. The monoisotopic (exact) mass is 307 g/mol. The number of aliphatic hydroxyl groups excluding tert-OH is 1. The summed E-state index contributed by atoms with van der Waals surface area (Å²) in [5.41, 5.74) is 0.293. The molecule has 0 amide bonds. The third-order valence-electron chi connectivity index (χ3n) is 1.89. The standard InChI is InChI=1S/C8H9F4NO3S2/c9-7(10)8(11,12)4-13-18(15,16)6-1-5(2-14)3-17-6/h1,3,7,13-14H,2,4H2. The van der Waals surface area contributed by atoms with Crippen molar-refractivity contribution >= 4 is 21.4 Å². The minimum atomic E-state index is -4.43. The minimum absolute atomic E-state index is 0.293. The Morgan fingerprint density at radius 3 is 2.50 bits per heavy atom. The van der Waals surface area contributed by atoms with Crippen LogP contribution >= 0.6 is 11.3 Å². The predicted molar refractivity (Wildman–Crippen MR) is 56.4 cm³/mol. The Balaban J connectivity index is 2.77. The van der Waals surface area contributed by atoms with Crippen LogP contribution in [0.5, 0.6) is 0 Å². The maximum atomic E-state index is 12.6. The fraction of sp³-hybridized carbons (Fsp3) is 0.500. The van der Waals surface area contributed by atoms with Crippen molar-refractivity contribution in [3.8, 4) is 0 Å². The van der Waals surface area contributed by atoms with Gasteiger partial charge >= 0.3 is 12.3 Å². The van der Waals surface area contributed by atoms with Gasteiger partial charge in [0, 0.05) is 0 Å². The zero-order chi connectivity index (χ0) is 14.0. The van der Waals surface area contributed by atoms with E-state index in [9.17, 15) is 26.0 Å². The first-order chi connectivity index (χ1) is 8.19. The molecule has 18 heavy (non-hydrogen) atoms. The zero-order valence-electron chi connectivity index (χ0n) is 8.74. The number of alkyl halides is 4. The molecule has 0 radical (unpaired) electrons. The molecule has 0 spiro atoms. The largest absolute Gasteiger partial charge is 0.392 e. The van der Waals surface area contributed by atoms with Gasteiger partial charge in [0.15, 0.2) is 0 Å². The Hall–Kier alpha value is -0.710. The second kappa shape index (κ2) is 5.51. The molecule has 4 nitrogen and oxygen atoms in total. The lowest BCUT2D eigenvalue weighted by Gasteiger charge is -2.15. The summed E-state index contributed by atoms with van der Waals surface area (Å²) < 4.78 is 72.8. The normalized spacial score (nSPS) is 13.2. The van der Waals surface area contributed by atoms with E-state index in [4.69, 9.17) is 5.11 Å². The van der Waals surface area contributed by atoms with E-state index in [-0.39, 0.29) is 4.21 Å². The van der Waals surface area contributed by atoms with Crippen LogP contribution in [0.2, 0.25) is 0 Å². The van der Waals surface area contributed by atoms with E-state index in [2.05, 4.69) is 0 Å². The molecular weight excluding hydrogens is 298 g/mol.